The highest BCUT2D eigenvalue weighted by atomic mass is 32.1. The van der Waals surface area contributed by atoms with Gasteiger partial charge in [0.2, 0.25) is 0 Å². The maximum absolute atomic E-state index is 2.55. The predicted octanol–water partition coefficient (Wildman–Crippen LogP) is 27.7. The Bertz CT molecular complexity index is 5930. The molecule has 0 spiro atoms. The third-order valence-corrected chi connectivity index (χ3v) is 24.7. The Labute approximate surface area is 614 Å². The first-order valence-corrected chi connectivity index (χ1v) is 37.6. The summed E-state index contributed by atoms with van der Waals surface area (Å²) in [7, 11) is 0. The van der Waals surface area contributed by atoms with Crippen LogP contribution in [-0.4, -0.2) is 0 Å². The van der Waals surface area contributed by atoms with E-state index in [0.717, 1.165) is 56.4 Å². The summed E-state index contributed by atoms with van der Waals surface area (Å²) in [6, 6.07) is 141. The lowest BCUT2D eigenvalue weighted by atomic mass is 9.67. The van der Waals surface area contributed by atoms with Gasteiger partial charge in [-0.05, 0) is 176 Å². The van der Waals surface area contributed by atoms with E-state index in [-0.39, 0.29) is 0 Å². The van der Waals surface area contributed by atoms with Crippen LogP contribution in [0.25, 0.3) is 96.0 Å². The van der Waals surface area contributed by atoms with Crippen molar-refractivity contribution in [3.63, 3.8) is 0 Å². The standard InChI is InChI=1S/C100H68N2S2/c1-65-61-67(53-59-91(65)101(93-49-23-17-39-79(93)83-43-27-45-85-81-41-19-25-51-95(81)103-97(83)85)73-55-57-77-75-37-15-21-47-87(75)99(89(77)63-73,69-29-7-3-8-30-69)70-31-9-4-10-32-70)68-54-60-92(66(2)62-68)102(94-50-24-18-40-80(94)84-44-28-46-86-82-42-20-26-52-96(82)104-98(84)86)74-56-58-78-76-38-16-22-48-88(76)100(90(78)64-74,71-33-11-5-12-34-71)72-35-13-6-14-36-72/h3-64H,1-2H3. The minimum Gasteiger partial charge on any atom is -0.310 e. The fourth-order valence-corrected chi connectivity index (χ4v) is 20.3. The van der Waals surface area contributed by atoms with Gasteiger partial charge in [0.25, 0.3) is 0 Å². The quantitative estimate of drug-likeness (QED) is 0.114. The number of para-hydroxylation sites is 2. The molecule has 20 rings (SSSR count). The van der Waals surface area contributed by atoms with E-state index in [1.807, 2.05) is 22.7 Å². The molecule has 2 aromatic heterocycles. The highest BCUT2D eigenvalue weighted by Gasteiger charge is 2.48. The summed E-state index contributed by atoms with van der Waals surface area (Å²) in [6.45, 7) is 4.60. The summed E-state index contributed by atoms with van der Waals surface area (Å²) in [5, 5.41) is 5.13. The molecule has 2 nitrogen and oxygen atoms in total. The lowest BCUT2D eigenvalue weighted by Gasteiger charge is -2.35. The molecule has 2 heterocycles. The summed E-state index contributed by atoms with van der Waals surface area (Å²) in [6.07, 6.45) is 0. The van der Waals surface area contributed by atoms with Crippen LogP contribution in [-0.2, 0) is 10.8 Å². The SMILES string of the molecule is Cc1cc(-c2ccc(N(c3ccc4c(c3)C(c3ccccc3)(c3ccccc3)c3ccccc3-4)c3ccccc3-c3cccc4c3sc3ccccc34)c(C)c2)ccc1N(c1ccc2c(c1)C(c1ccccc1)(c1ccccc1)c1ccccc1-2)c1ccccc1-c1cccc2c1sc1ccccc12. The zero-order chi connectivity index (χ0) is 69.0. The Hall–Kier alpha value is -12.4. The van der Waals surface area contributed by atoms with Crippen molar-refractivity contribution in [1.29, 1.82) is 0 Å². The first-order chi connectivity index (χ1) is 51.4. The van der Waals surface area contributed by atoms with Crippen molar-refractivity contribution in [1.82, 2.24) is 0 Å². The van der Waals surface area contributed by atoms with Crippen LogP contribution < -0.4 is 9.80 Å². The number of anilines is 6. The van der Waals surface area contributed by atoms with E-state index in [2.05, 4.69) is 400 Å². The van der Waals surface area contributed by atoms with Crippen molar-refractivity contribution in [2.45, 2.75) is 24.7 Å². The molecular weight excluding hydrogens is 1290 g/mol. The van der Waals surface area contributed by atoms with Gasteiger partial charge in [-0.2, -0.15) is 0 Å². The largest absolute Gasteiger partial charge is 0.310 e. The Morgan fingerprint density at radius 2 is 0.538 bits per heavy atom. The highest BCUT2D eigenvalue weighted by molar-refractivity contribution is 7.26. The average Bonchev–Trinajstić information content (AvgIpc) is 1.55. The molecule has 104 heavy (non-hydrogen) atoms. The Kier molecular flexibility index (Phi) is 14.6. The number of nitrogens with zero attached hydrogens (tertiary/aromatic N) is 2. The van der Waals surface area contributed by atoms with Crippen molar-refractivity contribution in [3.8, 4) is 55.6 Å². The summed E-state index contributed by atoms with van der Waals surface area (Å²) >= 11 is 3.77. The highest BCUT2D eigenvalue weighted by Crippen LogP contribution is 2.61. The fraction of sp³-hybridized carbons (Fsp3) is 0.0400. The molecule has 4 heteroatoms. The monoisotopic (exact) mass is 1360 g/mol. The molecule has 0 aliphatic heterocycles. The molecule has 0 saturated carbocycles. The van der Waals surface area contributed by atoms with Gasteiger partial charge < -0.3 is 9.80 Å². The number of rotatable bonds is 13. The second-order valence-electron chi connectivity index (χ2n) is 27.8. The number of hydrogen-bond donors (Lipinski definition) is 0. The van der Waals surface area contributed by atoms with E-state index in [4.69, 9.17) is 0 Å². The van der Waals surface area contributed by atoms with Crippen molar-refractivity contribution in [3.05, 3.63) is 432 Å². The van der Waals surface area contributed by atoms with Crippen molar-refractivity contribution in [2.24, 2.45) is 0 Å². The predicted molar refractivity (Wildman–Crippen MR) is 442 cm³/mol. The van der Waals surface area contributed by atoms with Crippen molar-refractivity contribution in [2.75, 3.05) is 9.80 Å². The number of benzene rings is 16. The molecule has 0 bridgehead atoms. The second kappa shape index (κ2) is 24.7. The Morgan fingerprint density at radius 3 is 0.933 bits per heavy atom. The smallest absolute Gasteiger partial charge is 0.0714 e. The lowest BCUT2D eigenvalue weighted by molar-refractivity contribution is 0.768. The van der Waals surface area contributed by atoms with Gasteiger partial charge in [-0.1, -0.05) is 303 Å². The topological polar surface area (TPSA) is 6.48 Å². The zero-order valence-corrected chi connectivity index (χ0v) is 59.1. The molecule has 0 radical (unpaired) electrons. The minimum atomic E-state index is -0.590. The van der Waals surface area contributed by atoms with Gasteiger partial charge in [-0.15, -0.1) is 22.7 Å². The fourth-order valence-electron chi connectivity index (χ4n) is 17.8. The maximum atomic E-state index is 2.55. The van der Waals surface area contributed by atoms with Crippen molar-refractivity contribution >= 4 is 97.1 Å². The van der Waals surface area contributed by atoms with Crippen LogP contribution in [0.15, 0.2) is 376 Å². The van der Waals surface area contributed by atoms with Gasteiger partial charge in [0.05, 0.1) is 22.2 Å². The van der Waals surface area contributed by atoms with Gasteiger partial charge in [0, 0.05) is 85.3 Å². The van der Waals surface area contributed by atoms with Crippen LogP contribution in [0.5, 0.6) is 0 Å². The molecule has 0 fully saturated rings. The number of aryl methyl sites for hydroxylation is 2. The first kappa shape index (κ1) is 61.4. The van der Waals surface area contributed by atoms with Gasteiger partial charge in [-0.3, -0.25) is 0 Å². The molecule has 2 aliphatic rings. The van der Waals surface area contributed by atoms with E-state index in [1.54, 1.807) is 0 Å². The van der Waals surface area contributed by atoms with Gasteiger partial charge >= 0.3 is 0 Å². The summed E-state index contributed by atoms with van der Waals surface area (Å²) in [5.41, 5.74) is 29.9. The maximum Gasteiger partial charge on any atom is 0.0714 e. The van der Waals surface area contributed by atoms with E-state index in [9.17, 15) is 0 Å². The van der Waals surface area contributed by atoms with Crippen LogP contribution in [0.4, 0.5) is 34.1 Å². The third-order valence-electron chi connectivity index (χ3n) is 22.3. The second-order valence-corrected chi connectivity index (χ2v) is 29.9. The van der Waals surface area contributed by atoms with Crippen LogP contribution >= 0.6 is 22.7 Å². The molecule has 0 amide bonds. The lowest BCUT2D eigenvalue weighted by Crippen LogP contribution is -2.28. The molecular formula is C100H68N2S2. The van der Waals surface area contributed by atoms with Crippen LogP contribution in [0.3, 0.4) is 0 Å². The average molecular weight is 1360 g/mol. The molecule has 490 valence electrons. The third kappa shape index (κ3) is 9.39. The molecule has 0 atom stereocenters. The Morgan fingerprint density at radius 1 is 0.221 bits per heavy atom. The minimum absolute atomic E-state index is 0.590. The van der Waals surface area contributed by atoms with E-state index in [0.29, 0.717) is 0 Å². The van der Waals surface area contributed by atoms with Crippen LogP contribution in [0.1, 0.15) is 55.6 Å². The van der Waals surface area contributed by atoms with Crippen LogP contribution in [0, 0.1) is 13.8 Å². The molecule has 0 N–H and O–H groups in total. The summed E-state index contributed by atoms with van der Waals surface area (Å²) in [4.78, 5) is 5.10. The van der Waals surface area contributed by atoms with Gasteiger partial charge in [0.1, 0.15) is 0 Å². The van der Waals surface area contributed by atoms with Crippen LogP contribution in [0.2, 0.25) is 0 Å². The summed E-state index contributed by atoms with van der Waals surface area (Å²) < 4.78 is 5.15. The first-order valence-electron chi connectivity index (χ1n) is 36.0. The van der Waals surface area contributed by atoms with Gasteiger partial charge in [-0.25, -0.2) is 0 Å². The van der Waals surface area contributed by atoms with Crippen molar-refractivity contribution < 1.29 is 0 Å². The molecule has 2 aliphatic carbocycles. The zero-order valence-electron chi connectivity index (χ0n) is 57.5. The molecule has 0 unspecified atom stereocenters. The summed E-state index contributed by atoms with van der Waals surface area (Å²) in [5.74, 6) is 0. The molecule has 18 aromatic rings. The molecule has 16 aromatic carbocycles. The molecule has 0 saturated heterocycles. The van der Waals surface area contributed by atoms with E-state index >= 15 is 0 Å². The number of hydrogen-bond acceptors (Lipinski definition) is 4. The Balaban J connectivity index is 0.767. The number of thiophene rings is 2. The van der Waals surface area contributed by atoms with E-state index < -0.39 is 10.8 Å². The number of fused-ring (bicyclic) bond motifs is 12. The van der Waals surface area contributed by atoms with E-state index in [1.165, 1.54) is 129 Å². The van der Waals surface area contributed by atoms with Gasteiger partial charge in [0.15, 0.2) is 0 Å². The normalized spacial score (nSPS) is 13.1.